The first-order valence-electron chi connectivity index (χ1n) is 25.7. The zero-order valence-electron chi connectivity index (χ0n) is 43.1. The molecule has 5 aromatic carbocycles. The fraction of sp³-hybridized carbons (Fsp3) is 0.300. The maximum absolute atomic E-state index is 16.9. The minimum Gasteiger partial charge on any atom is -0.491 e. The van der Waals surface area contributed by atoms with E-state index < -0.39 is 83.3 Å². The molecule has 4 aliphatic heterocycles. The van der Waals surface area contributed by atoms with Gasteiger partial charge in [0.2, 0.25) is 17.8 Å². The molecule has 1 spiro atoms. The Morgan fingerprint density at radius 1 is 0.769 bits per heavy atom. The number of nitrogens with one attached hydrogen (secondary N) is 1. The maximum atomic E-state index is 16.9. The van der Waals surface area contributed by atoms with Crippen LogP contribution in [0.2, 0.25) is 0 Å². The minimum atomic E-state index is -2.12. The number of amides is 4. The summed E-state index contributed by atoms with van der Waals surface area (Å²) in [5, 5.41) is 12.8. The second-order valence-corrected chi connectivity index (χ2v) is 19.3. The molecule has 2 N–H and O–H groups in total. The molecule has 0 radical (unpaired) electrons. The van der Waals surface area contributed by atoms with E-state index in [2.05, 4.69) is 27.1 Å². The second kappa shape index (κ2) is 22.7. The van der Waals surface area contributed by atoms with E-state index in [0.717, 1.165) is 30.2 Å². The summed E-state index contributed by atoms with van der Waals surface area (Å²) in [7, 11) is 2.31. The Morgan fingerprint density at radius 3 is 2.03 bits per heavy atom. The van der Waals surface area contributed by atoms with Crippen molar-refractivity contribution in [1.82, 2.24) is 25.1 Å². The lowest BCUT2D eigenvalue weighted by Crippen LogP contribution is -2.59. The molecule has 5 heterocycles. The number of imide groups is 1. The average Bonchev–Trinajstić information content (AvgIpc) is 4.06. The summed E-state index contributed by atoms with van der Waals surface area (Å²) >= 11 is 0. The van der Waals surface area contributed by atoms with Crippen LogP contribution in [0.1, 0.15) is 71.0 Å². The quantitative estimate of drug-likeness (QED) is 0.0585. The van der Waals surface area contributed by atoms with E-state index >= 15 is 19.2 Å². The van der Waals surface area contributed by atoms with Gasteiger partial charge in [0.1, 0.15) is 29.9 Å². The zero-order valence-corrected chi connectivity index (χ0v) is 43.1. The van der Waals surface area contributed by atoms with E-state index in [-0.39, 0.29) is 44.0 Å². The first kappa shape index (κ1) is 52.5. The monoisotopic (exact) mass is 1050 g/mol. The minimum absolute atomic E-state index is 0.00296. The van der Waals surface area contributed by atoms with E-state index in [1.165, 1.54) is 0 Å². The summed E-state index contributed by atoms with van der Waals surface area (Å²) in [6, 6.07) is 36.7. The fourth-order valence-corrected chi connectivity index (χ4v) is 11.5. The van der Waals surface area contributed by atoms with Gasteiger partial charge in [-0.25, -0.2) is 19.7 Å². The summed E-state index contributed by atoms with van der Waals surface area (Å²) in [5.41, 5.74) is 1.20. The molecule has 3 fully saturated rings. The van der Waals surface area contributed by atoms with Crippen LogP contribution in [0.3, 0.4) is 0 Å². The lowest BCUT2D eigenvalue weighted by atomic mass is 9.64. The van der Waals surface area contributed by atoms with Crippen LogP contribution in [0.5, 0.6) is 5.75 Å². The predicted octanol–water partition coefficient (Wildman–Crippen LogP) is 6.04. The number of aromatic nitrogens is 2. The molecule has 10 rings (SSSR count). The van der Waals surface area contributed by atoms with Crippen molar-refractivity contribution in [2.24, 2.45) is 11.8 Å². The van der Waals surface area contributed by atoms with Crippen molar-refractivity contribution in [2.75, 3.05) is 63.4 Å². The smallest absolute Gasteiger partial charge is 0.329 e. The Kier molecular flexibility index (Phi) is 15.3. The number of benzene rings is 5. The average molecular weight is 1050 g/mol. The van der Waals surface area contributed by atoms with Gasteiger partial charge < -0.3 is 39.2 Å². The number of anilines is 2. The molecular weight excluding hydrogens is 995 g/mol. The van der Waals surface area contributed by atoms with Crippen molar-refractivity contribution in [1.29, 1.82) is 0 Å². The second-order valence-electron chi connectivity index (χ2n) is 19.3. The number of aliphatic hydroxyl groups excluding tert-OH is 1. The van der Waals surface area contributed by atoms with E-state index in [1.54, 1.807) is 72.7 Å². The molecule has 7 atom stereocenters. The van der Waals surface area contributed by atoms with Crippen LogP contribution in [0.15, 0.2) is 152 Å². The number of urea groups is 1. The number of morpholine rings is 1. The number of piperazine rings is 1. The molecule has 0 bridgehead atoms. The largest absolute Gasteiger partial charge is 0.491 e. The van der Waals surface area contributed by atoms with Gasteiger partial charge in [0.05, 0.1) is 50.6 Å². The van der Waals surface area contributed by atoms with E-state index in [4.69, 9.17) is 18.9 Å². The number of hydrogen-bond donors (Lipinski definition) is 2. The number of esters is 3. The standard InChI is InChI=1S/C60H57N7O11/c1-38(40-16-7-4-8-17-40)63-59(74)66-47-28-23-39(15-13-22-45(54(70)75-2)55(71)76-3)37-46(47)60(57(66)73)48(53(69)64-31-33-65(34-32-64)58-61-29-14-30-62-58)50-56(72)78-51(42-20-11-6-12-21-42)49(41-18-9-5-10-19-41)67(50)52(60)43-24-26-44(27-25-43)77-36-35-68/h4-12,14,16-21,23-30,37-38,45,48-52,68H,22,31-36H2,1-3H3,(H,63,74). The van der Waals surface area contributed by atoms with Crippen LogP contribution in [0.25, 0.3) is 0 Å². The third-order valence-electron chi connectivity index (χ3n) is 15.1. The predicted molar refractivity (Wildman–Crippen MR) is 284 cm³/mol. The first-order valence-corrected chi connectivity index (χ1v) is 25.7. The van der Waals surface area contributed by atoms with Gasteiger partial charge in [-0.1, -0.05) is 115 Å². The number of cyclic esters (lactones) is 1. The Balaban J connectivity index is 1.23. The van der Waals surface area contributed by atoms with E-state index in [1.807, 2.05) is 101 Å². The molecule has 18 heteroatoms. The van der Waals surface area contributed by atoms with Gasteiger partial charge >= 0.3 is 23.9 Å². The number of carbonyl (C=O) groups is 6. The number of fused-ring (bicyclic) bond motifs is 3. The summed E-state index contributed by atoms with van der Waals surface area (Å²) in [6.07, 6.45) is 2.03. The highest BCUT2D eigenvalue weighted by molar-refractivity contribution is 6.24. The van der Waals surface area contributed by atoms with Crippen molar-refractivity contribution in [3.8, 4) is 17.6 Å². The van der Waals surface area contributed by atoms with Gasteiger partial charge in [0.15, 0.2) is 5.92 Å². The van der Waals surface area contributed by atoms with Gasteiger partial charge in [0, 0.05) is 50.6 Å². The van der Waals surface area contributed by atoms with Gasteiger partial charge in [-0.3, -0.25) is 28.9 Å². The summed E-state index contributed by atoms with van der Waals surface area (Å²) in [4.78, 5) is 106. The molecule has 4 amide bonds. The normalized spacial score (nSPS) is 21.9. The number of hydrogen-bond acceptors (Lipinski definition) is 15. The van der Waals surface area contributed by atoms with Gasteiger partial charge in [-0.15, -0.1) is 0 Å². The van der Waals surface area contributed by atoms with E-state index in [9.17, 15) is 14.7 Å². The van der Waals surface area contributed by atoms with Crippen molar-refractivity contribution in [3.05, 3.63) is 185 Å². The molecule has 0 saturated carbocycles. The van der Waals surface area contributed by atoms with Crippen molar-refractivity contribution >= 4 is 47.4 Å². The number of aliphatic hydroxyl groups is 1. The fourth-order valence-electron chi connectivity index (χ4n) is 11.5. The number of carbonyl (C=O) groups excluding carboxylic acids is 6. The Labute approximate surface area is 450 Å². The van der Waals surface area contributed by atoms with Gasteiger partial charge in [-0.05, 0) is 71.1 Å². The Morgan fingerprint density at radius 2 is 1.40 bits per heavy atom. The lowest BCUT2D eigenvalue weighted by molar-refractivity contribution is -0.179. The van der Waals surface area contributed by atoms with Gasteiger partial charge in [0.25, 0.3) is 0 Å². The highest BCUT2D eigenvalue weighted by Gasteiger charge is 2.76. The van der Waals surface area contributed by atoms with Crippen molar-refractivity contribution < 1.29 is 52.8 Å². The van der Waals surface area contributed by atoms with Crippen molar-refractivity contribution in [3.63, 3.8) is 0 Å². The third kappa shape index (κ3) is 9.67. The molecule has 7 unspecified atom stereocenters. The highest BCUT2D eigenvalue weighted by Crippen LogP contribution is 2.66. The molecule has 3 saturated heterocycles. The zero-order chi connectivity index (χ0) is 54.5. The highest BCUT2D eigenvalue weighted by atomic mass is 16.6. The molecule has 398 valence electrons. The number of rotatable bonds is 13. The summed E-state index contributed by atoms with van der Waals surface area (Å²) in [5.74, 6) is 0.235. The summed E-state index contributed by atoms with van der Waals surface area (Å²) < 4.78 is 22.3. The molecule has 4 aliphatic rings. The van der Waals surface area contributed by atoms with E-state index in [0.29, 0.717) is 41.5 Å². The van der Waals surface area contributed by atoms with Crippen LogP contribution in [0.4, 0.5) is 16.4 Å². The SMILES string of the molecule is COC(=O)C(CC#Cc1ccc2c(c1)C1(C(=O)N2C(=O)NC(C)c2ccccc2)C(C(=O)N2CCN(c3ncccn3)CC2)C2C(=O)OC(c3ccccc3)C(c3ccccc3)N2C1c1ccc(OCCO)cc1)C(=O)OC. The molecule has 0 aliphatic carbocycles. The topological polar surface area (TPSA) is 210 Å². The van der Waals surface area contributed by atoms with Gasteiger partial charge in [-0.2, -0.15) is 0 Å². The van der Waals surface area contributed by atoms with Crippen molar-refractivity contribution in [2.45, 2.75) is 49.0 Å². The Bertz CT molecular complexity index is 3230. The van der Waals surface area contributed by atoms with Crippen LogP contribution < -0.4 is 19.9 Å². The molecule has 78 heavy (non-hydrogen) atoms. The molecular formula is C60H57N7O11. The maximum Gasteiger partial charge on any atom is 0.329 e. The van der Waals surface area contributed by atoms with Crippen LogP contribution in [-0.2, 0) is 43.6 Å². The first-order chi connectivity index (χ1) is 38.0. The van der Waals surface area contributed by atoms with Crippen LogP contribution >= 0.6 is 0 Å². The van der Waals surface area contributed by atoms with Crippen LogP contribution in [0, 0.1) is 23.7 Å². The Hall–Kier alpha value is -8.92. The van der Waals surface area contributed by atoms with Crippen LogP contribution in [-0.4, -0.2) is 120 Å². The molecule has 18 nitrogen and oxygen atoms in total. The number of ether oxygens (including phenoxy) is 4. The lowest BCUT2D eigenvalue weighted by Gasteiger charge is -2.46. The number of methoxy groups -OCH3 is 2. The summed E-state index contributed by atoms with van der Waals surface area (Å²) in [6.45, 7) is 2.53. The number of nitrogens with zero attached hydrogens (tertiary/aromatic N) is 6. The third-order valence-corrected chi connectivity index (χ3v) is 15.1. The molecule has 6 aromatic rings. The molecule has 1 aromatic heterocycles.